The Bertz CT molecular complexity index is 350. The molecule has 0 saturated heterocycles. The zero-order valence-corrected chi connectivity index (χ0v) is 8.22. The third-order valence-corrected chi connectivity index (χ3v) is 2.54. The predicted molar refractivity (Wildman–Crippen MR) is 56.8 cm³/mol. The summed E-state index contributed by atoms with van der Waals surface area (Å²) in [7, 11) is 1.99. The van der Waals surface area contributed by atoms with E-state index in [-0.39, 0.29) is 0 Å². The van der Waals surface area contributed by atoms with Crippen LogP contribution in [0.2, 0.25) is 0 Å². The van der Waals surface area contributed by atoms with Gasteiger partial charge in [0.1, 0.15) is 0 Å². The van der Waals surface area contributed by atoms with Gasteiger partial charge in [0.15, 0.2) is 0 Å². The van der Waals surface area contributed by atoms with Crippen molar-refractivity contribution in [2.45, 2.75) is 13.3 Å². The largest absolute Gasteiger partial charge is 0.316 e. The van der Waals surface area contributed by atoms with Gasteiger partial charge >= 0.3 is 0 Å². The molecular formula is C12H15N. The van der Waals surface area contributed by atoms with Crippen LogP contribution in [0.4, 0.5) is 0 Å². The van der Waals surface area contributed by atoms with Crippen LogP contribution >= 0.6 is 0 Å². The second-order valence-corrected chi connectivity index (χ2v) is 3.62. The maximum atomic E-state index is 3.20. The quantitative estimate of drug-likeness (QED) is 0.722. The Kier molecular flexibility index (Phi) is 2.19. The van der Waals surface area contributed by atoms with Gasteiger partial charge in [-0.1, -0.05) is 29.8 Å². The SMILES string of the molecule is CNCC1=CCc2cc(C)ccc21. The number of rotatable bonds is 2. The van der Waals surface area contributed by atoms with Crippen LogP contribution in [0, 0.1) is 6.92 Å². The van der Waals surface area contributed by atoms with E-state index in [1.165, 1.54) is 22.3 Å². The van der Waals surface area contributed by atoms with Gasteiger partial charge in [-0.25, -0.2) is 0 Å². The lowest BCUT2D eigenvalue weighted by Gasteiger charge is -2.05. The topological polar surface area (TPSA) is 12.0 Å². The predicted octanol–water partition coefficient (Wildman–Crippen LogP) is 2.15. The van der Waals surface area contributed by atoms with Gasteiger partial charge in [0.05, 0.1) is 0 Å². The molecule has 0 fully saturated rings. The molecule has 1 aliphatic rings. The van der Waals surface area contributed by atoms with Crippen molar-refractivity contribution in [3.05, 3.63) is 41.0 Å². The summed E-state index contributed by atoms with van der Waals surface area (Å²) in [4.78, 5) is 0. The van der Waals surface area contributed by atoms with E-state index in [9.17, 15) is 0 Å². The first kappa shape index (κ1) is 8.52. The lowest BCUT2D eigenvalue weighted by Crippen LogP contribution is -2.08. The van der Waals surface area contributed by atoms with Gasteiger partial charge in [0, 0.05) is 6.54 Å². The molecule has 0 radical (unpaired) electrons. The fourth-order valence-electron chi connectivity index (χ4n) is 1.91. The average Bonchev–Trinajstić information content (AvgIpc) is 2.49. The van der Waals surface area contributed by atoms with Gasteiger partial charge in [0.25, 0.3) is 0 Å². The monoisotopic (exact) mass is 173 g/mol. The minimum atomic E-state index is 0.982. The van der Waals surface area contributed by atoms with Crippen LogP contribution in [0.15, 0.2) is 24.3 Å². The highest BCUT2D eigenvalue weighted by Crippen LogP contribution is 2.27. The lowest BCUT2D eigenvalue weighted by atomic mass is 10.0. The number of likely N-dealkylation sites (N-methyl/N-ethyl adjacent to an activating group) is 1. The molecule has 0 aromatic heterocycles. The summed E-state index contributed by atoms with van der Waals surface area (Å²) in [6.07, 6.45) is 3.43. The summed E-state index contributed by atoms with van der Waals surface area (Å²) < 4.78 is 0. The van der Waals surface area contributed by atoms with Crippen LogP contribution in [-0.2, 0) is 6.42 Å². The Morgan fingerprint density at radius 2 is 2.23 bits per heavy atom. The summed E-state index contributed by atoms with van der Waals surface area (Å²) >= 11 is 0. The highest BCUT2D eigenvalue weighted by Gasteiger charge is 2.12. The first-order valence-corrected chi connectivity index (χ1v) is 4.75. The fraction of sp³-hybridized carbons (Fsp3) is 0.333. The zero-order chi connectivity index (χ0) is 9.26. The summed E-state index contributed by atoms with van der Waals surface area (Å²) in [5.74, 6) is 0. The van der Waals surface area contributed by atoms with Crippen LogP contribution in [0.3, 0.4) is 0 Å². The molecule has 0 atom stereocenters. The van der Waals surface area contributed by atoms with E-state index in [2.05, 4.69) is 36.5 Å². The number of benzene rings is 1. The van der Waals surface area contributed by atoms with Crippen LogP contribution in [-0.4, -0.2) is 13.6 Å². The first-order chi connectivity index (χ1) is 6.31. The van der Waals surface area contributed by atoms with Crippen LogP contribution in [0.25, 0.3) is 5.57 Å². The summed E-state index contributed by atoms with van der Waals surface area (Å²) in [6, 6.07) is 6.71. The van der Waals surface area contributed by atoms with Crippen molar-refractivity contribution >= 4 is 5.57 Å². The average molecular weight is 173 g/mol. The fourth-order valence-corrected chi connectivity index (χ4v) is 1.91. The van der Waals surface area contributed by atoms with Crippen LogP contribution in [0.1, 0.15) is 16.7 Å². The van der Waals surface area contributed by atoms with Crippen molar-refractivity contribution < 1.29 is 0 Å². The molecule has 0 bridgehead atoms. The van der Waals surface area contributed by atoms with E-state index in [4.69, 9.17) is 0 Å². The van der Waals surface area contributed by atoms with E-state index in [1.54, 1.807) is 0 Å². The second-order valence-electron chi connectivity index (χ2n) is 3.62. The smallest absolute Gasteiger partial charge is 0.0205 e. The van der Waals surface area contributed by atoms with E-state index < -0.39 is 0 Å². The molecule has 1 aromatic carbocycles. The van der Waals surface area contributed by atoms with Crippen molar-refractivity contribution in [1.82, 2.24) is 5.32 Å². The number of hydrogen-bond acceptors (Lipinski definition) is 1. The molecule has 1 N–H and O–H groups in total. The number of allylic oxidation sites excluding steroid dienone is 1. The first-order valence-electron chi connectivity index (χ1n) is 4.75. The number of fused-ring (bicyclic) bond motifs is 1. The van der Waals surface area contributed by atoms with E-state index in [0.717, 1.165) is 13.0 Å². The molecule has 0 aliphatic heterocycles. The molecule has 0 amide bonds. The summed E-state index contributed by atoms with van der Waals surface area (Å²) in [6.45, 7) is 3.13. The molecule has 68 valence electrons. The van der Waals surface area contributed by atoms with Gasteiger partial charge < -0.3 is 5.32 Å². The van der Waals surface area contributed by atoms with Gasteiger partial charge in [-0.2, -0.15) is 0 Å². The third-order valence-electron chi connectivity index (χ3n) is 2.54. The molecule has 0 unspecified atom stereocenters. The Morgan fingerprint density at radius 3 is 3.00 bits per heavy atom. The van der Waals surface area contributed by atoms with Crippen molar-refractivity contribution in [2.24, 2.45) is 0 Å². The Labute approximate surface area is 79.5 Å². The van der Waals surface area contributed by atoms with E-state index >= 15 is 0 Å². The zero-order valence-electron chi connectivity index (χ0n) is 8.22. The second kappa shape index (κ2) is 3.35. The maximum Gasteiger partial charge on any atom is 0.0205 e. The molecule has 1 heteroatoms. The van der Waals surface area contributed by atoms with Crippen molar-refractivity contribution in [3.8, 4) is 0 Å². The molecule has 0 heterocycles. The molecule has 13 heavy (non-hydrogen) atoms. The summed E-state index contributed by atoms with van der Waals surface area (Å²) in [5, 5.41) is 3.20. The number of nitrogens with one attached hydrogen (secondary N) is 1. The molecule has 1 aromatic rings. The molecule has 0 saturated carbocycles. The normalized spacial score (nSPS) is 14.2. The Hall–Kier alpha value is -1.08. The molecule has 0 spiro atoms. The minimum Gasteiger partial charge on any atom is -0.316 e. The van der Waals surface area contributed by atoms with E-state index in [1.807, 2.05) is 7.05 Å². The molecule has 2 rings (SSSR count). The van der Waals surface area contributed by atoms with Gasteiger partial charge in [0.2, 0.25) is 0 Å². The van der Waals surface area contributed by atoms with Crippen LogP contribution in [0.5, 0.6) is 0 Å². The highest BCUT2D eigenvalue weighted by molar-refractivity contribution is 5.74. The third kappa shape index (κ3) is 1.52. The number of aryl methyl sites for hydroxylation is 1. The number of hydrogen-bond donors (Lipinski definition) is 1. The standard InChI is InChI=1S/C12H15N/c1-9-3-6-12-10(7-9)4-5-11(12)8-13-2/h3,5-7,13H,4,8H2,1-2H3. The van der Waals surface area contributed by atoms with Crippen molar-refractivity contribution in [1.29, 1.82) is 0 Å². The van der Waals surface area contributed by atoms with Crippen molar-refractivity contribution in [3.63, 3.8) is 0 Å². The highest BCUT2D eigenvalue weighted by atomic mass is 14.8. The Morgan fingerprint density at radius 1 is 1.38 bits per heavy atom. The van der Waals surface area contributed by atoms with Gasteiger partial charge in [-0.3, -0.25) is 0 Å². The molecule has 1 aliphatic carbocycles. The minimum absolute atomic E-state index is 0.982. The van der Waals surface area contributed by atoms with E-state index in [0.29, 0.717) is 0 Å². The van der Waals surface area contributed by atoms with Gasteiger partial charge in [-0.05, 0) is 37.1 Å². The molecular weight excluding hydrogens is 158 g/mol. The summed E-state index contributed by atoms with van der Waals surface area (Å²) in [5.41, 5.74) is 5.71. The maximum absolute atomic E-state index is 3.20. The van der Waals surface area contributed by atoms with Crippen LogP contribution < -0.4 is 5.32 Å². The molecule has 1 nitrogen and oxygen atoms in total. The Balaban J connectivity index is 2.34. The van der Waals surface area contributed by atoms with Crippen molar-refractivity contribution in [2.75, 3.05) is 13.6 Å². The van der Waals surface area contributed by atoms with Gasteiger partial charge in [-0.15, -0.1) is 0 Å². The lowest BCUT2D eigenvalue weighted by molar-refractivity contribution is 0.932.